The molecule has 1 saturated carbocycles. The minimum Gasteiger partial charge on any atom is -0.351 e. The number of halogens is 3. The summed E-state index contributed by atoms with van der Waals surface area (Å²) in [4.78, 5) is 19.2. The third-order valence-electron chi connectivity index (χ3n) is 7.26. The van der Waals surface area contributed by atoms with Crippen molar-refractivity contribution in [3.05, 3.63) is 62.3 Å². The zero-order chi connectivity index (χ0) is 24.1. The van der Waals surface area contributed by atoms with Crippen molar-refractivity contribution in [1.82, 2.24) is 14.5 Å². The van der Waals surface area contributed by atoms with Gasteiger partial charge in [0.05, 0.1) is 11.3 Å². The van der Waals surface area contributed by atoms with Gasteiger partial charge in [0, 0.05) is 36.5 Å². The molecule has 0 radical (unpaired) electrons. The van der Waals surface area contributed by atoms with Crippen molar-refractivity contribution >= 4 is 5.84 Å². The van der Waals surface area contributed by atoms with Crippen LogP contribution < -0.4 is 5.56 Å². The second kappa shape index (κ2) is 8.29. The standard InChI is InChI=1S/C25H31F3N4O/c1-15(2)31-9-10-32-20(30-23(33)17(4)21(32)22(31)29)14-24(7-5-6-8-24)18-11-16(3)12-19(13-18)25(26,27)28/h11-13,15,29H,5-10,14H2,1-4H3. The molecule has 1 aromatic heterocycles. The number of hydrogen-bond donors (Lipinski definition) is 1. The van der Waals surface area contributed by atoms with E-state index in [2.05, 4.69) is 4.98 Å². The van der Waals surface area contributed by atoms with Crippen LogP contribution in [0.2, 0.25) is 0 Å². The smallest absolute Gasteiger partial charge is 0.351 e. The normalized spacial score (nSPS) is 18.2. The van der Waals surface area contributed by atoms with Crippen molar-refractivity contribution in [3.8, 4) is 0 Å². The highest BCUT2D eigenvalue weighted by atomic mass is 19.4. The van der Waals surface area contributed by atoms with Crippen LogP contribution in [0.4, 0.5) is 13.2 Å². The Morgan fingerprint density at radius 3 is 2.39 bits per heavy atom. The van der Waals surface area contributed by atoms with Gasteiger partial charge in [-0.15, -0.1) is 0 Å². The lowest BCUT2D eigenvalue weighted by Crippen LogP contribution is -2.47. The van der Waals surface area contributed by atoms with E-state index in [1.165, 1.54) is 12.1 Å². The average molecular weight is 461 g/mol. The quantitative estimate of drug-likeness (QED) is 0.700. The first-order valence-electron chi connectivity index (χ1n) is 11.6. The highest BCUT2D eigenvalue weighted by Gasteiger charge is 2.40. The Balaban J connectivity index is 1.83. The summed E-state index contributed by atoms with van der Waals surface area (Å²) in [6.07, 6.45) is -0.658. The van der Waals surface area contributed by atoms with E-state index < -0.39 is 17.2 Å². The molecule has 0 bridgehead atoms. The Labute approximate surface area is 192 Å². The van der Waals surface area contributed by atoms with E-state index in [0.29, 0.717) is 53.6 Å². The summed E-state index contributed by atoms with van der Waals surface area (Å²) < 4.78 is 42.7. The second-order valence-corrected chi connectivity index (χ2v) is 9.84. The summed E-state index contributed by atoms with van der Waals surface area (Å²) in [5.74, 6) is 0.885. The van der Waals surface area contributed by atoms with Gasteiger partial charge < -0.3 is 9.47 Å². The zero-order valence-corrected chi connectivity index (χ0v) is 19.6. The SMILES string of the molecule is Cc1cc(C(F)(F)F)cc(C2(Cc3nc(=O)c(C)c4n3CCN(C(C)C)C4=N)CCCC2)c1. The maximum Gasteiger partial charge on any atom is 0.416 e. The molecule has 2 heterocycles. The molecule has 1 aliphatic carbocycles. The highest BCUT2D eigenvalue weighted by molar-refractivity contribution is 5.96. The maximum atomic E-state index is 13.6. The zero-order valence-electron chi connectivity index (χ0n) is 19.6. The van der Waals surface area contributed by atoms with Gasteiger partial charge in [0.15, 0.2) is 0 Å². The minimum atomic E-state index is -4.41. The molecule has 1 aromatic carbocycles. The van der Waals surface area contributed by atoms with E-state index in [9.17, 15) is 18.0 Å². The van der Waals surface area contributed by atoms with Crippen molar-refractivity contribution in [3.63, 3.8) is 0 Å². The molecule has 33 heavy (non-hydrogen) atoms. The van der Waals surface area contributed by atoms with Crippen LogP contribution in [-0.4, -0.2) is 32.9 Å². The Bertz CT molecular complexity index is 1140. The van der Waals surface area contributed by atoms with Crippen LogP contribution in [-0.2, 0) is 24.6 Å². The van der Waals surface area contributed by atoms with Crippen LogP contribution in [0.15, 0.2) is 23.0 Å². The summed E-state index contributed by atoms with van der Waals surface area (Å²) in [5, 5.41) is 8.73. The predicted octanol–water partition coefficient (Wildman–Crippen LogP) is 4.98. The van der Waals surface area contributed by atoms with Gasteiger partial charge in [-0.05, 0) is 58.2 Å². The van der Waals surface area contributed by atoms with Crippen LogP contribution in [0, 0.1) is 19.3 Å². The fraction of sp³-hybridized carbons (Fsp3) is 0.560. The van der Waals surface area contributed by atoms with Crippen molar-refractivity contribution < 1.29 is 13.2 Å². The molecule has 5 nitrogen and oxygen atoms in total. The van der Waals surface area contributed by atoms with Gasteiger partial charge in [-0.25, -0.2) is 0 Å². The maximum absolute atomic E-state index is 13.6. The Morgan fingerprint density at radius 1 is 1.12 bits per heavy atom. The topological polar surface area (TPSA) is 62.0 Å². The number of nitrogens with one attached hydrogen (secondary N) is 1. The molecular formula is C25H31F3N4O. The Morgan fingerprint density at radius 2 is 1.79 bits per heavy atom. The molecule has 8 heteroatoms. The molecule has 0 saturated heterocycles. The Kier molecular flexibility index (Phi) is 5.91. The van der Waals surface area contributed by atoms with E-state index in [0.717, 1.165) is 25.7 Å². The van der Waals surface area contributed by atoms with Crippen molar-refractivity contribution in [2.24, 2.45) is 0 Å². The molecule has 2 aliphatic rings. The van der Waals surface area contributed by atoms with E-state index in [4.69, 9.17) is 5.41 Å². The summed E-state index contributed by atoms with van der Waals surface area (Å²) >= 11 is 0. The number of aryl methyl sites for hydroxylation is 1. The van der Waals surface area contributed by atoms with Gasteiger partial charge in [0.2, 0.25) is 0 Å². The lowest BCUT2D eigenvalue weighted by Gasteiger charge is -2.38. The number of amidine groups is 1. The summed E-state index contributed by atoms with van der Waals surface area (Å²) in [6, 6.07) is 4.45. The molecule has 1 aliphatic heterocycles. The van der Waals surface area contributed by atoms with Crippen LogP contribution in [0.25, 0.3) is 0 Å². The van der Waals surface area contributed by atoms with E-state index in [1.54, 1.807) is 13.8 Å². The number of nitrogens with zero attached hydrogens (tertiary/aromatic N) is 3. The van der Waals surface area contributed by atoms with Gasteiger partial charge >= 0.3 is 6.18 Å². The summed E-state index contributed by atoms with van der Waals surface area (Å²) in [7, 11) is 0. The van der Waals surface area contributed by atoms with Crippen LogP contribution in [0.1, 0.15) is 73.3 Å². The monoisotopic (exact) mass is 460 g/mol. The molecule has 178 valence electrons. The lowest BCUT2D eigenvalue weighted by molar-refractivity contribution is -0.137. The van der Waals surface area contributed by atoms with Gasteiger partial charge in [-0.2, -0.15) is 18.2 Å². The molecule has 0 spiro atoms. The average Bonchev–Trinajstić information content (AvgIpc) is 3.20. The number of hydrogen-bond acceptors (Lipinski definition) is 3. The third-order valence-corrected chi connectivity index (χ3v) is 7.26. The molecule has 0 atom stereocenters. The number of rotatable bonds is 4. The first kappa shape index (κ1) is 23.5. The summed E-state index contributed by atoms with van der Waals surface area (Å²) in [6.45, 7) is 8.66. The first-order chi connectivity index (χ1) is 15.4. The number of fused-ring (bicyclic) bond motifs is 1. The van der Waals surface area contributed by atoms with Crippen molar-refractivity contribution in [1.29, 1.82) is 5.41 Å². The van der Waals surface area contributed by atoms with Gasteiger partial charge in [0.25, 0.3) is 5.56 Å². The van der Waals surface area contributed by atoms with Gasteiger partial charge in [0.1, 0.15) is 11.7 Å². The number of benzene rings is 1. The van der Waals surface area contributed by atoms with Crippen LogP contribution >= 0.6 is 0 Å². The predicted molar refractivity (Wildman–Crippen MR) is 122 cm³/mol. The van der Waals surface area contributed by atoms with Crippen molar-refractivity contribution in [2.75, 3.05) is 6.54 Å². The molecule has 0 unspecified atom stereocenters. The molecular weight excluding hydrogens is 429 g/mol. The largest absolute Gasteiger partial charge is 0.416 e. The molecule has 1 fully saturated rings. The minimum absolute atomic E-state index is 0.131. The highest BCUT2D eigenvalue weighted by Crippen LogP contribution is 2.45. The molecule has 4 rings (SSSR count). The van der Waals surface area contributed by atoms with Gasteiger partial charge in [-0.3, -0.25) is 10.2 Å². The number of alkyl halides is 3. The van der Waals surface area contributed by atoms with E-state index in [-0.39, 0.29) is 11.6 Å². The third kappa shape index (κ3) is 4.20. The van der Waals surface area contributed by atoms with Gasteiger partial charge in [-0.1, -0.05) is 24.5 Å². The van der Waals surface area contributed by atoms with Crippen molar-refractivity contribution in [2.45, 2.75) is 84.0 Å². The Hall–Kier alpha value is -2.64. The number of aromatic nitrogens is 2. The molecule has 1 N–H and O–H groups in total. The fourth-order valence-corrected chi connectivity index (χ4v) is 5.52. The van der Waals surface area contributed by atoms with Crippen LogP contribution in [0.5, 0.6) is 0 Å². The van der Waals surface area contributed by atoms with Crippen LogP contribution in [0.3, 0.4) is 0 Å². The lowest BCUT2D eigenvalue weighted by atomic mass is 9.74. The van der Waals surface area contributed by atoms with E-state index >= 15 is 0 Å². The molecule has 2 aromatic rings. The second-order valence-electron chi connectivity index (χ2n) is 9.84. The summed E-state index contributed by atoms with van der Waals surface area (Å²) in [5.41, 5.74) is 0.790. The van der Waals surface area contributed by atoms with E-state index in [1.807, 2.05) is 29.4 Å². The molecule has 0 amide bonds. The first-order valence-corrected chi connectivity index (χ1v) is 11.6. The fourth-order valence-electron chi connectivity index (χ4n) is 5.52.